The van der Waals surface area contributed by atoms with Crippen molar-refractivity contribution in [2.75, 3.05) is 0 Å². The van der Waals surface area contributed by atoms with Crippen molar-refractivity contribution >= 4 is 31.5 Å². The highest BCUT2D eigenvalue weighted by Crippen LogP contribution is 2.58. The molecule has 0 spiro atoms. The molecule has 1 aliphatic carbocycles. The van der Waals surface area contributed by atoms with E-state index in [2.05, 4.69) is 72.8 Å². The number of benzene rings is 9. The average Bonchev–Trinajstić information content (AvgIpc) is 4.00. The van der Waals surface area contributed by atoms with Gasteiger partial charge in [0.25, 0.3) is 0 Å². The number of fused-ring (bicyclic) bond motifs is 6. The number of nitrogens with zero attached hydrogens (tertiary/aromatic N) is 3. The maximum Gasteiger partial charge on any atom is 0.164 e. The van der Waals surface area contributed by atoms with Crippen LogP contribution in [0.5, 0.6) is 0 Å². The number of rotatable bonds is 7. The molecule has 12 rings (SSSR count). The lowest BCUT2D eigenvalue weighted by Gasteiger charge is -2.33. The quantitative estimate of drug-likeness (QED) is 0.161. The van der Waals surface area contributed by atoms with Gasteiger partial charge in [-0.15, -0.1) is 11.3 Å². The normalized spacial score (nSPS) is 15.4. The first-order chi connectivity index (χ1) is 35.7. The molecule has 2 aromatic heterocycles. The molecular formula is C58H37N3S. The predicted molar refractivity (Wildman–Crippen MR) is 257 cm³/mol. The lowest BCUT2D eigenvalue weighted by atomic mass is 9.67. The van der Waals surface area contributed by atoms with Crippen LogP contribution >= 0.6 is 11.3 Å². The van der Waals surface area contributed by atoms with Crippen molar-refractivity contribution in [3.8, 4) is 67.5 Å². The van der Waals surface area contributed by atoms with Gasteiger partial charge in [-0.1, -0.05) is 206 Å². The van der Waals surface area contributed by atoms with Crippen LogP contribution in [0.25, 0.3) is 87.7 Å². The van der Waals surface area contributed by atoms with Crippen LogP contribution in [0.3, 0.4) is 0 Å². The second-order valence-electron chi connectivity index (χ2n) is 15.0. The maximum absolute atomic E-state index is 9.41. The van der Waals surface area contributed by atoms with Gasteiger partial charge in [0.05, 0.1) is 21.9 Å². The third-order valence-electron chi connectivity index (χ3n) is 11.6. The molecule has 0 aliphatic heterocycles. The van der Waals surface area contributed by atoms with E-state index in [1.54, 1.807) is 48.5 Å². The molecule has 1 aliphatic rings. The average molecular weight is 820 g/mol. The first-order valence-corrected chi connectivity index (χ1v) is 20.9. The van der Waals surface area contributed by atoms with Crippen LogP contribution in [0, 0.1) is 0 Å². The molecule has 0 saturated heterocycles. The van der Waals surface area contributed by atoms with Crippen LogP contribution in [0.4, 0.5) is 0 Å². The minimum atomic E-state index is -0.706. The van der Waals surface area contributed by atoms with Crippen LogP contribution in [-0.2, 0) is 5.41 Å². The fourth-order valence-corrected chi connectivity index (χ4v) is 9.77. The van der Waals surface area contributed by atoms with E-state index >= 15 is 0 Å². The van der Waals surface area contributed by atoms with E-state index < -0.39 is 35.6 Å². The van der Waals surface area contributed by atoms with Crippen LogP contribution in [-0.4, -0.2) is 15.0 Å². The Morgan fingerprint density at radius 1 is 0.371 bits per heavy atom. The van der Waals surface area contributed by atoms with Gasteiger partial charge in [-0.05, 0) is 73.8 Å². The maximum atomic E-state index is 9.41. The van der Waals surface area contributed by atoms with E-state index in [4.69, 9.17) is 30.0 Å². The zero-order valence-electron chi connectivity index (χ0n) is 44.7. The standard InChI is InChI=1S/C58H37N3S/c1-4-15-38(16-5-1)39-27-31-41(32-28-39)55-59-56(42-33-29-40(30-34-42)43-35-36-53-49(37-43)46-21-11-13-26-52(46)62-53)61-57(60-55)48-23-14-25-51-54(48)47-22-10-12-24-50(47)58(51,44-17-6-2-7-18-44)45-19-8-3-9-20-45/h1-37H/i1D,4D,5D,11D,13D,15D,16D,21D,26D,35D,36D,37D. The zero-order chi connectivity index (χ0) is 51.5. The van der Waals surface area contributed by atoms with Crippen molar-refractivity contribution in [3.05, 3.63) is 246 Å². The smallest absolute Gasteiger partial charge is 0.164 e. The predicted octanol–water partition coefficient (Wildman–Crippen LogP) is 14.9. The van der Waals surface area contributed by atoms with E-state index in [9.17, 15) is 1.37 Å². The molecule has 62 heavy (non-hydrogen) atoms. The fourth-order valence-electron chi connectivity index (χ4n) is 8.85. The monoisotopic (exact) mass is 819 g/mol. The lowest BCUT2D eigenvalue weighted by molar-refractivity contribution is 0.768. The number of hydrogen-bond acceptors (Lipinski definition) is 4. The molecule has 0 bridgehead atoms. The summed E-state index contributed by atoms with van der Waals surface area (Å²) >= 11 is 0.987. The molecule has 0 saturated carbocycles. The summed E-state index contributed by atoms with van der Waals surface area (Å²) in [5.74, 6) is 0.955. The molecule has 290 valence electrons. The second-order valence-corrected chi connectivity index (χ2v) is 16.0. The van der Waals surface area contributed by atoms with Crippen LogP contribution in [0.15, 0.2) is 224 Å². The topological polar surface area (TPSA) is 38.7 Å². The molecule has 2 heterocycles. The van der Waals surface area contributed by atoms with Crippen molar-refractivity contribution in [3.63, 3.8) is 0 Å². The Hall–Kier alpha value is -7.79. The first kappa shape index (κ1) is 25.7. The number of thiophene rings is 1. The van der Waals surface area contributed by atoms with Gasteiger partial charge in [-0.25, -0.2) is 15.0 Å². The first-order valence-electron chi connectivity index (χ1n) is 26.0. The van der Waals surface area contributed by atoms with Crippen molar-refractivity contribution in [2.45, 2.75) is 5.41 Å². The van der Waals surface area contributed by atoms with Gasteiger partial charge in [0, 0.05) is 36.9 Å². The Bertz CT molecular complexity index is 4080. The van der Waals surface area contributed by atoms with Gasteiger partial charge in [-0.2, -0.15) is 0 Å². The third-order valence-corrected chi connectivity index (χ3v) is 12.6. The molecule has 3 nitrogen and oxygen atoms in total. The Kier molecular flexibility index (Phi) is 6.12. The fraction of sp³-hybridized carbons (Fsp3) is 0.0172. The van der Waals surface area contributed by atoms with Gasteiger partial charge in [0.1, 0.15) is 0 Å². The molecule has 4 heteroatoms. The van der Waals surface area contributed by atoms with Gasteiger partial charge < -0.3 is 0 Å². The Balaban J connectivity index is 1.06. The minimum absolute atomic E-state index is 0.0680. The summed E-state index contributed by atoms with van der Waals surface area (Å²) < 4.78 is 104. The Morgan fingerprint density at radius 2 is 0.903 bits per heavy atom. The Morgan fingerprint density at radius 3 is 1.60 bits per heavy atom. The van der Waals surface area contributed by atoms with Gasteiger partial charge in [0.15, 0.2) is 17.5 Å². The molecule has 0 unspecified atom stereocenters. The van der Waals surface area contributed by atoms with E-state index in [0.29, 0.717) is 39.7 Å². The van der Waals surface area contributed by atoms with E-state index in [1.165, 1.54) is 0 Å². The molecule has 0 N–H and O–H groups in total. The third kappa shape index (κ3) is 5.83. The molecular weight excluding hydrogens is 771 g/mol. The second kappa shape index (κ2) is 14.7. The van der Waals surface area contributed by atoms with Crippen LogP contribution in [0.1, 0.15) is 38.7 Å². The molecule has 0 fully saturated rings. The van der Waals surface area contributed by atoms with Crippen molar-refractivity contribution in [1.82, 2.24) is 15.0 Å². The van der Waals surface area contributed by atoms with Gasteiger partial charge in [-0.3, -0.25) is 0 Å². The number of aromatic nitrogens is 3. The van der Waals surface area contributed by atoms with Crippen LogP contribution in [0.2, 0.25) is 0 Å². The van der Waals surface area contributed by atoms with Crippen LogP contribution < -0.4 is 0 Å². The van der Waals surface area contributed by atoms with Crippen molar-refractivity contribution < 1.29 is 16.4 Å². The lowest BCUT2D eigenvalue weighted by Crippen LogP contribution is -2.28. The summed E-state index contributed by atoms with van der Waals surface area (Å²) in [6, 6.07) is 45.4. The molecule has 0 atom stereocenters. The zero-order valence-corrected chi connectivity index (χ0v) is 33.5. The summed E-state index contributed by atoms with van der Waals surface area (Å²) in [6.45, 7) is 0. The van der Waals surface area contributed by atoms with E-state index in [1.807, 2.05) is 30.3 Å². The highest BCUT2D eigenvalue weighted by Gasteiger charge is 2.47. The summed E-state index contributed by atoms with van der Waals surface area (Å²) in [7, 11) is 0. The largest absolute Gasteiger partial charge is 0.208 e. The van der Waals surface area contributed by atoms with Crippen molar-refractivity contribution in [2.24, 2.45) is 0 Å². The van der Waals surface area contributed by atoms with Crippen molar-refractivity contribution in [1.29, 1.82) is 0 Å². The highest BCUT2D eigenvalue weighted by atomic mass is 32.1. The summed E-state index contributed by atoms with van der Waals surface area (Å²) in [5, 5.41) is 0.348. The molecule has 11 aromatic rings. The number of hydrogen-bond donors (Lipinski definition) is 0. The highest BCUT2D eigenvalue weighted by molar-refractivity contribution is 7.25. The molecule has 0 amide bonds. The van der Waals surface area contributed by atoms with E-state index in [0.717, 1.165) is 50.3 Å². The summed E-state index contributed by atoms with van der Waals surface area (Å²) in [4.78, 5) is 15.4. The summed E-state index contributed by atoms with van der Waals surface area (Å²) in [5.41, 5.74) is 8.50. The molecule has 0 radical (unpaired) electrons. The summed E-state index contributed by atoms with van der Waals surface area (Å²) in [6.07, 6.45) is 0. The Labute approximate surface area is 381 Å². The van der Waals surface area contributed by atoms with Gasteiger partial charge >= 0.3 is 0 Å². The van der Waals surface area contributed by atoms with Gasteiger partial charge in [0.2, 0.25) is 0 Å². The molecule has 9 aromatic carbocycles. The minimum Gasteiger partial charge on any atom is -0.208 e. The van der Waals surface area contributed by atoms with E-state index in [-0.39, 0.29) is 73.6 Å². The SMILES string of the molecule is [2H]c1c([2H])c([2H])c(-c2ccc(-c3nc(-c4ccc(-c5c([2H])c([2H])c6sc7c([2H])c([2H])c([2H])c([2H])c7c6c5[2H])cc4)nc(-c4cccc5c4-c4ccccc4C5(c4ccccc4)c4ccccc4)n3)cc2)c([2H])c1[2H].